The zero-order valence-electron chi connectivity index (χ0n) is 11.1. The van der Waals surface area contributed by atoms with Crippen LogP contribution in [-0.4, -0.2) is 16.8 Å². The van der Waals surface area contributed by atoms with E-state index >= 15 is 0 Å². The molecule has 0 saturated carbocycles. The Bertz CT molecular complexity index is 401. The molecule has 0 aliphatic carbocycles. The third-order valence-electron chi connectivity index (χ3n) is 2.93. The smallest absolute Gasteiger partial charge is 0.309 e. The van der Waals surface area contributed by atoms with Gasteiger partial charge in [-0.25, -0.2) is 0 Å². The van der Waals surface area contributed by atoms with Gasteiger partial charge in [0.25, 0.3) is 0 Å². The summed E-state index contributed by atoms with van der Waals surface area (Å²) in [4.78, 5) is 12.3. The molecule has 1 atom stereocenters. The van der Waals surface area contributed by atoms with Gasteiger partial charge in [0.2, 0.25) is 0 Å². The van der Waals surface area contributed by atoms with Crippen LogP contribution in [0, 0.1) is 5.41 Å². The second-order valence-electron chi connectivity index (χ2n) is 5.00. The molecular weight excluding hydrogens is 246 g/mol. The zero-order valence-corrected chi connectivity index (χ0v) is 12.0. The highest BCUT2D eigenvalue weighted by atomic mass is 32.2. The predicted molar refractivity (Wildman–Crippen MR) is 75.8 cm³/mol. The summed E-state index contributed by atoms with van der Waals surface area (Å²) in [6, 6.07) is 7.81. The summed E-state index contributed by atoms with van der Waals surface area (Å²) in [7, 11) is 0. The summed E-state index contributed by atoms with van der Waals surface area (Å²) >= 11 is 1.78. The first-order valence-electron chi connectivity index (χ1n) is 6.08. The van der Waals surface area contributed by atoms with Crippen molar-refractivity contribution in [2.45, 2.75) is 38.1 Å². The molecule has 0 saturated heterocycles. The molecule has 0 aliphatic heterocycles. The van der Waals surface area contributed by atoms with E-state index < -0.39 is 11.4 Å². The van der Waals surface area contributed by atoms with Crippen LogP contribution in [0.3, 0.4) is 0 Å². The number of carbonyl (C=O) groups is 1. The second-order valence-corrected chi connectivity index (χ2v) is 6.34. The number of rotatable bonds is 6. The van der Waals surface area contributed by atoms with Crippen molar-refractivity contribution in [2.75, 3.05) is 5.75 Å². The van der Waals surface area contributed by atoms with Gasteiger partial charge >= 0.3 is 5.97 Å². The molecule has 3 N–H and O–H groups in total. The summed E-state index contributed by atoms with van der Waals surface area (Å²) in [5.41, 5.74) is 6.27. The highest BCUT2D eigenvalue weighted by Gasteiger charge is 2.29. The first-order valence-corrected chi connectivity index (χ1v) is 7.07. The van der Waals surface area contributed by atoms with Crippen LogP contribution < -0.4 is 5.73 Å². The third kappa shape index (κ3) is 4.03. The summed E-state index contributed by atoms with van der Waals surface area (Å²) in [5.74, 6) is 0.230. The van der Waals surface area contributed by atoms with Crippen LogP contribution in [-0.2, 0) is 4.79 Å². The van der Waals surface area contributed by atoms with Gasteiger partial charge in [-0.3, -0.25) is 4.79 Å². The molecule has 4 heteroatoms. The minimum atomic E-state index is -0.809. The molecule has 0 amide bonds. The van der Waals surface area contributed by atoms with Gasteiger partial charge in [-0.05, 0) is 43.7 Å². The maximum Gasteiger partial charge on any atom is 0.309 e. The van der Waals surface area contributed by atoms with E-state index in [1.165, 1.54) is 4.90 Å². The Kier molecular flexibility index (Phi) is 5.23. The maximum atomic E-state index is 11.1. The van der Waals surface area contributed by atoms with Gasteiger partial charge in [-0.15, -0.1) is 11.8 Å². The Labute approximate surface area is 113 Å². The highest BCUT2D eigenvalue weighted by molar-refractivity contribution is 7.99. The minimum absolute atomic E-state index is 0.239. The Morgan fingerprint density at radius 1 is 1.39 bits per heavy atom. The molecule has 0 fully saturated rings. The lowest BCUT2D eigenvalue weighted by Crippen LogP contribution is -2.28. The van der Waals surface area contributed by atoms with Crippen LogP contribution in [0.2, 0.25) is 0 Å². The Morgan fingerprint density at radius 3 is 2.39 bits per heavy atom. The number of nitrogens with two attached hydrogens (primary N) is 1. The van der Waals surface area contributed by atoms with Gasteiger partial charge in [-0.1, -0.05) is 19.1 Å². The van der Waals surface area contributed by atoms with Crippen molar-refractivity contribution >= 4 is 17.7 Å². The van der Waals surface area contributed by atoms with Crippen molar-refractivity contribution in [3.63, 3.8) is 0 Å². The monoisotopic (exact) mass is 267 g/mol. The Balaban J connectivity index is 2.72. The maximum absolute atomic E-state index is 11.1. The van der Waals surface area contributed by atoms with Crippen LogP contribution >= 0.6 is 11.8 Å². The molecule has 0 spiro atoms. The lowest BCUT2D eigenvalue weighted by atomic mass is 9.84. The zero-order chi connectivity index (χ0) is 13.8. The van der Waals surface area contributed by atoms with Crippen molar-refractivity contribution in [3.8, 4) is 0 Å². The lowest BCUT2D eigenvalue weighted by molar-refractivity contribution is -0.147. The van der Waals surface area contributed by atoms with E-state index in [-0.39, 0.29) is 6.04 Å². The molecule has 18 heavy (non-hydrogen) atoms. The van der Waals surface area contributed by atoms with Crippen LogP contribution in [0.5, 0.6) is 0 Å². The number of aliphatic carboxylic acids is 1. The number of carboxylic acid groups (broad SMARTS) is 1. The minimum Gasteiger partial charge on any atom is -0.481 e. The van der Waals surface area contributed by atoms with E-state index in [2.05, 4.69) is 6.92 Å². The molecule has 0 aromatic heterocycles. The molecule has 0 bridgehead atoms. The molecule has 1 unspecified atom stereocenters. The van der Waals surface area contributed by atoms with Gasteiger partial charge in [-0.2, -0.15) is 0 Å². The van der Waals surface area contributed by atoms with Gasteiger partial charge < -0.3 is 10.8 Å². The Hall–Kier alpha value is -1.00. The van der Waals surface area contributed by atoms with E-state index in [1.807, 2.05) is 24.3 Å². The van der Waals surface area contributed by atoms with Gasteiger partial charge in [0.1, 0.15) is 0 Å². The molecule has 100 valence electrons. The van der Waals surface area contributed by atoms with Crippen LogP contribution in [0.15, 0.2) is 29.2 Å². The molecule has 3 nitrogen and oxygen atoms in total. The van der Waals surface area contributed by atoms with Crippen molar-refractivity contribution in [1.82, 2.24) is 0 Å². The summed E-state index contributed by atoms with van der Waals surface area (Å²) in [6.45, 7) is 5.52. The number of benzene rings is 1. The van der Waals surface area contributed by atoms with Crippen molar-refractivity contribution < 1.29 is 9.90 Å². The fraction of sp³-hybridized carbons (Fsp3) is 0.500. The van der Waals surface area contributed by atoms with E-state index in [0.717, 1.165) is 11.3 Å². The normalized spacial score (nSPS) is 13.3. The fourth-order valence-corrected chi connectivity index (χ4v) is 2.39. The summed E-state index contributed by atoms with van der Waals surface area (Å²) < 4.78 is 0. The molecule has 0 radical (unpaired) electrons. The molecule has 1 rings (SSSR count). The first kappa shape index (κ1) is 15.1. The number of hydrogen-bond donors (Lipinski definition) is 2. The third-order valence-corrected chi connectivity index (χ3v) is 3.82. The molecule has 1 aromatic carbocycles. The molecule has 0 aliphatic rings. The van der Waals surface area contributed by atoms with Crippen LogP contribution in [0.4, 0.5) is 0 Å². The number of carboxylic acids is 1. The summed E-state index contributed by atoms with van der Waals surface area (Å²) in [6.07, 6.45) is 0.433. The highest BCUT2D eigenvalue weighted by Crippen LogP contribution is 2.29. The molecule has 0 heterocycles. The van der Waals surface area contributed by atoms with E-state index in [1.54, 1.807) is 25.6 Å². The fourth-order valence-electron chi connectivity index (χ4n) is 1.73. The largest absolute Gasteiger partial charge is 0.481 e. The summed E-state index contributed by atoms with van der Waals surface area (Å²) in [5, 5.41) is 9.09. The average molecular weight is 267 g/mol. The average Bonchev–Trinajstić information content (AvgIpc) is 2.29. The van der Waals surface area contributed by atoms with E-state index in [4.69, 9.17) is 10.8 Å². The Morgan fingerprint density at radius 2 is 1.94 bits per heavy atom. The standard InChI is InChI=1S/C14H21NO2S/c1-4-18-11-7-5-10(6-8-11)12(15)9-14(2,3)13(16)17/h5-8,12H,4,9,15H2,1-3H3,(H,16,17). The molecular formula is C14H21NO2S. The van der Waals surface area contributed by atoms with Crippen molar-refractivity contribution in [1.29, 1.82) is 0 Å². The van der Waals surface area contributed by atoms with Gasteiger partial charge in [0.15, 0.2) is 0 Å². The van der Waals surface area contributed by atoms with E-state index in [0.29, 0.717) is 6.42 Å². The van der Waals surface area contributed by atoms with Gasteiger partial charge in [0, 0.05) is 10.9 Å². The quantitative estimate of drug-likeness (QED) is 0.776. The molecule has 1 aromatic rings. The topological polar surface area (TPSA) is 63.3 Å². The van der Waals surface area contributed by atoms with Crippen LogP contribution in [0.25, 0.3) is 0 Å². The van der Waals surface area contributed by atoms with Gasteiger partial charge in [0.05, 0.1) is 5.41 Å². The number of hydrogen-bond acceptors (Lipinski definition) is 3. The van der Waals surface area contributed by atoms with Crippen molar-refractivity contribution in [2.24, 2.45) is 11.1 Å². The number of thioether (sulfide) groups is 1. The SMILES string of the molecule is CCSc1ccc(C(N)CC(C)(C)C(=O)O)cc1. The lowest BCUT2D eigenvalue weighted by Gasteiger charge is -2.23. The van der Waals surface area contributed by atoms with Crippen molar-refractivity contribution in [3.05, 3.63) is 29.8 Å². The predicted octanol–water partition coefficient (Wildman–Crippen LogP) is 3.30. The van der Waals surface area contributed by atoms with Crippen LogP contribution in [0.1, 0.15) is 38.8 Å². The first-order chi connectivity index (χ1) is 8.36. The van der Waals surface area contributed by atoms with E-state index in [9.17, 15) is 4.79 Å². The second kappa shape index (κ2) is 6.25.